The first kappa shape index (κ1) is 15.7. The molecule has 1 nitrogen and oxygen atoms in total. The summed E-state index contributed by atoms with van der Waals surface area (Å²) in [6.45, 7) is 0. The van der Waals surface area contributed by atoms with E-state index < -0.39 is 0 Å². The van der Waals surface area contributed by atoms with Gasteiger partial charge >= 0.3 is 73.8 Å². The molecule has 5 heteroatoms. The second kappa shape index (κ2) is 16.4. The van der Waals surface area contributed by atoms with Gasteiger partial charge < -0.3 is 0 Å². The molecule has 0 aliphatic heterocycles. The van der Waals surface area contributed by atoms with Crippen LogP contribution in [-0.2, 0) is 27.5 Å². The van der Waals surface area contributed by atoms with Gasteiger partial charge in [0.1, 0.15) is 0 Å². The Kier molecular flexibility index (Phi) is 51.4. The first-order valence-corrected chi connectivity index (χ1v) is 0.309. The summed E-state index contributed by atoms with van der Waals surface area (Å²) in [7, 11) is 0. The third-order valence-corrected chi connectivity index (χ3v) is 0. The molecule has 0 amide bonds. The van der Waals surface area contributed by atoms with Crippen molar-refractivity contribution in [2.24, 2.45) is 0 Å². The molecule has 0 N–H and O–H groups in total. The van der Waals surface area contributed by atoms with Crippen LogP contribution in [0.1, 0.15) is 0 Å². The summed E-state index contributed by atoms with van der Waals surface area (Å²) in [6, 6.07) is 0. The van der Waals surface area contributed by atoms with E-state index in [1.165, 1.54) is 5.15 Å². The SMILES string of the molecule is FOF.[K+].[Nb+5]. The Bertz CT molecular complexity index is 9.61. The molecule has 0 fully saturated rings. The molecule has 0 spiro atoms. The van der Waals surface area contributed by atoms with E-state index in [1.54, 1.807) is 0 Å². The minimum Gasteiger partial charge on any atom is -0.0104 e. The first-order valence-electron chi connectivity index (χ1n) is 0.309. The van der Waals surface area contributed by atoms with Crippen molar-refractivity contribution in [2.75, 3.05) is 0 Å². The van der Waals surface area contributed by atoms with Gasteiger partial charge in [-0.25, -0.2) is 0 Å². The molecular weight excluding hydrogens is 186 g/mol. The summed E-state index contributed by atoms with van der Waals surface area (Å²) < 4.78 is 18.2. The van der Waals surface area contributed by atoms with E-state index in [1.807, 2.05) is 0 Å². The largest absolute Gasteiger partial charge is 5.00 e. The van der Waals surface area contributed by atoms with Gasteiger partial charge in [-0.15, -0.1) is 0 Å². The fourth-order valence-electron chi connectivity index (χ4n) is 0. The van der Waals surface area contributed by atoms with Crippen molar-refractivity contribution in [1.82, 2.24) is 0 Å². The zero-order valence-corrected chi connectivity index (χ0v) is 7.93. The average molecular weight is 186 g/mol. The van der Waals surface area contributed by atoms with Gasteiger partial charge in [0, 0.05) is 5.15 Å². The molecule has 0 aliphatic rings. The summed E-state index contributed by atoms with van der Waals surface area (Å²) in [5.41, 5.74) is 0. The van der Waals surface area contributed by atoms with E-state index in [0.29, 0.717) is 0 Å². The van der Waals surface area contributed by atoms with Crippen LogP contribution in [0.4, 0.5) is 9.05 Å². The molecule has 0 saturated heterocycles. The van der Waals surface area contributed by atoms with Crippen LogP contribution in [0, 0.1) is 0 Å². The standard InChI is InChI=1S/F2O.K.Nb/c1-3-2;;/q;+1;+5. The van der Waals surface area contributed by atoms with Crippen LogP contribution in [0.15, 0.2) is 0 Å². The maximum absolute atomic E-state index is 9.12. The van der Waals surface area contributed by atoms with E-state index in [0.717, 1.165) is 0 Å². The topological polar surface area (TPSA) is 9.23 Å². The van der Waals surface area contributed by atoms with Crippen molar-refractivity contribution in [2.45, 2.75) is 0 Å². The van der Waals surface area contributed by atoms with Gasteiger partial charge in [-0.3, -0.25) is 0 Å². The Hall–Kier alpha value is 2.20. The molecule has 0 aliphatic carbocycles. The first-order chi connectivity index (χ1) is 1.41. The van der Waals surface area contributed by atoms with Crippen LogP contribution < -0.4 is 51.4 Å². The zero-order chi connectivity index (χ0) is 2.71. The van der Waals surface area contributed by atoms with Crippen molar-refractivity contribution in [3.63, 3.8) is 0 Å². The van der Waals surface area contributed by atoms with E-state index in [4.69, 9.17) is 9.05 Å². The summed E-state index contributed by atoms with van der Waals surface area (Å²) >= 11 is 0. The fraction of sp³-hybridized carbons (Fsp3) is 0. The molecule has 5 heavy (non-hydrogen) atoms. The predicted octanol–water partition coefficient (Wildman–Crippen LogP) is -2.23. The predicted molar refractivity (Wildman–Crippen MR) is 3.30 cm³/mol. The second-order valence-corrected chi connectivity index (χ2v) is 0.0583. The smallest absolute Gasteiger partial charge is 0.0104 e. The Morgan fingerprint density at radius 2 is 1.20 bits per heavy atom. The van der Waals surface area contributed by atoms with E-state index in [9.17, 15) is 0 Å². The Morgan fingerprint density at radius 3 is 1.20 bits per heavy atom. The maximum Gasteiger partial charge on any atom is 5.00 e. The van der Waals surface area contributed by atoms with Crippen molar-refractivity contribution in [1.29, 1.82) is 0 Å². The fourth-order valence-corrected chi connectivity index (χ4v) is 0. The normalized spacial score (nSPS) is 3.60. The minimum atomic E-state index is 0. The number of halogens is 2. The van der Waals surface area contributed by atoms with Gasteiger partial charge in [0.2, 0.25) is 0 Å². The third-order valence-electron chi connectivity index (χ3n) is 0. The van der Waals surface area contributed by atoms with Gasteiger partial charge in [0.15, 0.2) is 0 Å². The van der Waals surface area contributed by atoms with E-state index >= 15 is 0 Å². The van der Waals surface area contributed by atoms with Crippen molar-refractivity contribution in [3.05, 3.63) is 0 Å². The van der Waals surface area contributed by atoms with Crippen molar-refractivity contribution < 1.29 is 88.0 Å². The summed E-state index contributed by atoms with van der Waals surface area (Å²) in [6.07, 6.45) is 0. The van der Waals surface area contributed by atoms with E-state index in [2.05, 4.69) is 0 Å². The average Bonchev–Trinajstić information content (AvgIpc) is 0.918. The molecule has 0 heterocycles. The molecule has 0 bridgehead atoms. The number of hydrogen-bond donors (Lipinski definition) is 0. The quantitative estimate of drug-likeness (QED) is 0.389. The van der Waals surface area contributed by atoms with Gasteiger partial charge in [0.05, 0.1) is 0 Å². The second-order valence-electron chi connectivity index (χ2n) is 0.0583. The van der Waals surface area contributed by atoms with Crippen LogP contribution in [0.2, 0.25) is 0 Å². The molecular formula is F2KNbO+6. The van der Waals surface area contributed by atoms with Gasteiger partial charge in [-0.2, -0.15) is 0 Å². The van der Waals surface area contributed by atoms with Crippen molar-refractivity contribution >= 4 is 0 Å². The summed E-state index contributed by atoms with van der Waals surface area (Å²) in [4.78, 5) is 0. The van der Waals surface area contributed by atoms with Gasteiger partial charge in [-0.1, -0.05) is 0 Å². The summed E-state index contributed by atoms with van der Waals surface area (Å²) in [5, 5.41) is 1.25. The van der Waals surface area contributed by atoms with Crippen LogP contribution in [0.5, 0.6) is 0 Å². The van der Waals surface area contributed by atoms with Crippen LogP contribution in [0.25, 0.3) is 0 Å². The maximum atomic E-state index is 9.12. The monoisotopic (exact) mass is 186 g/mol. The molecule has 0 radical (unpaired) electrons. The molecule has 0 aromatic heterocycles. The van der Waals surface area contributed by atoms with Gasteiger partial charge in [0.25, 0.3) is 0 Å². The van der Waals surface area contributed by atoms with Crippen LogP contribution in [0.3, 0.4) is 0 Å². The van der Waals surface area contributed by atoms with E-state index in [-0.39, 0.29) is 73.8 Å². The van der Waals surface area contributed by atoms with Crippen LogP contribution in [-0.4, -0.2) is 0 Å². The Morgan fingerprint density at radius 1 is 1.20 bits per heavy atom. The Balaban J connectivity index is -0.0000000200. The number of hydrogen-bond acceptors (Lipinski definition) is 1. The molecule has 0 aromatic rings. The molecule has 20 valence electrons. The molecule has 0 aromatic carbocycles. The molecule has 0 atom stereocenters. The zero-order valence-electron chi connectivity index (χ0n) is 2.61. The summed E-state index contributed by atoms with van der Waals surface area (Å²) in [5.74, 6) is 0. The third kappa shape index (κ3) is 22.6. The van der Waals surface area contributed by atoms with Gasteiger partial charge in [-0.05, 0) is 9.05 Å². The molecule has 0 unspecified atom stereocenters. The number of rotatable bonds is 0. The minimum absolute atomic E-state index is 0. The molecule has 0 saturated carbocycles. The molecule has 0 rings (SSSR count). The van der Waals surface area contributed by atoms with Crippen molar-refractivity contribution in [3.8, 4) is 0 Å². The van der Waals surface area contributed by atoms with Crippen LogP contribution >= 0.6 is 0 Å². The Labute approximate surface area is 86.2 Å².